The molecule has 0 aliphatic heterocycles. The van der Waals surface area contributed by atoms with E-state index in [2.05, 4.69) is 5.32 Å². The highest BCUT2D eigenvalue weighted by atomic mass is 32.2. The van der Waals surface area contributed by atoms with Crippen LogP contribution in [0.25, 0.3) is 0 Å². The first-order valence-corrected chi connectivity index (χ1v) is 8.88. The molecule has 0 spiro atoms. The molecule has 1 aromatic carbocycles. The molecular weight excluding hydrogens is 340 g/mol. The first-order chi connectivity index (χ1) is 10.8. The summed E-state index contributed by atoms with van der Waals surface area (Å²) in [5.74, 6) is -1.01. The van der Waals surface area contributed by atoms with Crippen molar-refractivity contribution in [3.8, 4) is 0 Å². The van der Waals surface area contributed by atoms with Crippen molar-refractivity contribution in [2.45, 2.75) is 11.3 Å². The van der Waals surface area contributed by atoms with Gasteiger partial charge in [-0.25, -0.2) is 13.6 Å². The second kappa shape index (κ2) is 7.36. The van der Waals surface area contributed by atoms with Crippen LogP contribution in [-0.4, -0.2) is 26.9 Å². The molecule has 23 heavy (non-hydrogen) atoms. The van der Waals surface area contributed by atoms with Gasteiger partial charge in [-0.05, 0) is 35.7 Å². The van der Waals surface area contributed by atoms with Gasteiger partial charge < -0.3 is 10.1 Å². The highest BCUT2D eigenvalue weighted by Crippen LogP contribution is 2.13. The van der Waals surface area contributed by atoms with Gasteiger partial charge >= 0.3 is 5.97 Å². The Kier molecular flexibility index (Phi) is 5.48. The third kappa shape index (κ3) is 5.47. The molecule has 3 N–H and O–H groups in total. The molecule has 2 rings (SSSR count). The first kappa shape index (κ1) is 17.1. The van der Waals surface area contributed by atoms with Gasteiger partial charge in [-0.3, -0.25) is 9.59 Å². The number of sulfonamides is 1. The van der Waals surface area contributed by atoms with Crippen LogP contribution in [0, 0.1) is 0 Å². The second-order valence-electron chi connectivity index (χ2n) is 4.53. The Labute approximate surface area is 137 Å². The summed E-state index contributed by atoms with van der Waals surface area (Å²) in [7, 11) is -3.78. The van der Waals surface area contributed by atoms with Crippen LogP contribution in [0.15, 0.2) is 46.7 Å². The Morgan fingerprint density at radius 3 is 2.43 bits per heavy atom. The molecule has 0 saturated carbocycles. The van der Waals surface area contributed by atoms with E-state index < -0.39 is 28.5 Å². The van der Waals surface area contributed by atoms with Gasteiger partial charge in [0, 0.05) is 10.6 Å². The molecule has 0 atom stereocenters. The van der Waals surface area contributed by atoms with Gasteiger partial charge in [0.1, 0.15) is 0 Å². The van der Waals surface area contributed by atoms with Gasteiger partial charge in [-0.2, -0.15) is 0 Å². The average Bonchev–Trinajstić information content (AvgIpc) is 2.98. The third-order valence-electron chi connectivity index (χ3n) is 2.73. The van der Waals surface area contributed by atoms with Crippen molar-refractivity contribution in [3.05, 3.63) is 46.7 Å². The Hall–Kier alpha value is -2.23. The maximum absolute atomic E-state index is 11.7. The molecule has 2 aromatic rings. The lowest BCUT2D eigenvalue weighted by Gasteiger charge is -2.07. The van der Waals surface area contributed by atoms with Crippen molar-refractivity contribution in [1.29, 1.82) is 0 Å². The standard InChI is InChI=1S/C14H14N2O5S2/c15-23(19,20)12-5-3-10(4-6-12)16-13(17)9-21-14(18)8-11-2-1-7-22-11/h1-7H,8-9H2,(H,16,17)(H2,15,19,20). The molecular formula is C14H14N2O5S2. The number of anilines is 1. The Bertz CT molecular complexity index is 783. The van der Waals surface area contributed by atoms with E-state index in [4.69, 9.17) is 9.88 Å². The fraction of sp³-hybridized carbons (Fsp3) is 0.143. The first-order valence-electron chi connectivity index (χ1n) is 6.45. The SMILES string of the molecule is NS(=O)(=O)c1ccc(NC(=O)COC(=O)Cc2cccs2)cc1. The summed E-state index contributed by atoms with van der Waals surface area (Å²) in [5, 5.41) is 9.31. The highest BCUT2D eigenvalue weighted by molar-refractivity contribution is 7.89. The predicted octanol–water partition coefficient (Wildman–Crippen LogP) is 1.12. The van der Waals surface area contributed by atoms with Gasteiger partial charge in [0.15, 0.2) is 6.61 Å². The predicted molar refractivity (Wildman–Crippen MR) is 85.4 cm³/mol. The fourth-order valence-corrected chi connectivity index (χ4v) is 2.88. The van der Waals surface area contributed by atoms with Crippen molar-refractivity contribution in [1.82, 2.24) is 0 Å². The largest absolute Gasteiger partial charge is 0.455 e. The highest BCUT2D eigenvalue weighted by Gasteiger charge is 2.11. The maximum atomic E-state index is 11.7. The van der Waals surface area contributed by atoms with Crippen LogP contribution in [0.5, 0.6) is 0 Å². The normalized spacial score (nSPS) is 11.0. The van der Waals surface area contributed by atoms with Gasteiger partial charge in [-0.15, -0.1) is 11.3 Å². The average molecular weight is 354 g/mol. The number of ether oxygens (including phenoxy) is 1. The molecule has 1 heterocycles. The van der Waals surface area contributed by atoms with Gasteiger partial charge in [0.05, 0.1) is 11.3 Å². The number of amides is 1. The van der Waals surface area contributed by atoms with Crippen LogP contribution in [0.4, 0.5) is 5.69 Å². The zero-order chi connectivity index (χ0) is 16.9. The number of carbonyl (C=O) groups is 2. The summed E-state index contributed by atoms with van der Waals surface area (Å²) < 4.78 is 27.1. The van der Waals surface area contributed by atoms with Gasteiger partial charge in [0.25, 0.3) is 5.91 Å². The molecule has 0 aliphatic rings. The maximum Gasteiger partial charge on any atom is 0.311 e. The Balaban J connectivity index is 1.81. The summed E-state index contributed by atoms with van der Waals surface area (Å²) in [6.45, 7) is -0.416. The number of benzene rings is 1. The van der Waals surface area contributed by atoms with E-state index in [1.807, 2.05) is 11.4 Å². The minimum atomic E-state index is -3.78. The smallest absolute Gasteiger partial charge is 0.311 e. The molecule has 0 radical (unpaired) electrons. The number of nitrogens with one attached hydrogen (secondary N) is 1. The molecule has 1 amide bonds. The topological polar surface area (TPSA) is 116 Å². The van der Waals surface area contributed by atoms with Crippen LogP contribution >= 0.6 is 11.3 Å². The van der Waals surface area contributed by atoms with Gasteiger partial charge in [-0.1, -0.05) is 6.07 Å². The van der Waals surface area contributed by atoms with Crippen molar-refractivity contribution >= 4 is 38.9 Å². The number of carbonyl (C=O) groups excluding carboxylic acids is 2. The number of hydrogen-bond donors (Lipinski definition) is 2. The number of hydrogen-bond acceptors (Lipinski definition) is 6. The van der Waals surface area contributed by atoms with E-state index in [1.54, 1.807) is 6.07 Å². The van der Waals surface area contributed by atoms with Crippen LogP contribution in [-0.2, 0) is 30.8 Å². The number of primary sulfonamides is 1. The van der Waals surface area contributed by atoms with Crippen molar-refractivity contribution in [2.24, 2.45) is 5.14 Å². The quantitative estimate of drug-likeness (QED) is 0.754. The van der Waals surface area contributed by atoms with Crippen molar-refractivity contribution < 1.29 is 22.7 Å². The van der Waals surface area contributed by atoms with E-state index in [1.165, 1.54) is 35.6 Å². The lowest BCUT2D eigenvalue weighted by molar-refractivity contribution is -0.146. The molecule has 0 fully saturated rings. The number of thiophene rings is 1. The summed E-state index contributed by atoms with van der Waals surface area (Å²) >= 11 is 1.43. The number of rotatable bonds is 6. The molecule has 122 valence electrons. The van der Waals surface area contributed by atoms with E-state index in [-0.39, 0.29) is 11.3 Å². The monoisotopic (exact) mass is 354 g/mol. The Morgan fingerprint density at radius 1 is 1.17 bits per heavy atom. The van der Waals surface area contributed by atoms with Crippen LogP contribution in [0.1, 0.15) is 4.88 Å². The Morgan fingerprint density at radius 2 is 1.87 bits per heavy atom. The van der Waals surface area contributed by atoms with Crippen LogP contribution < -0.4 is 10.5 Å². The summed E-state index contributed by atoms with van der Waals surface area (Å²) in [6.07, 6.45) is 0.119. The zero-order valence-corrected chi connectivity index (χ0v) is 13.5. The van der Waals surface area contributed by atoms with Gasteiger partial charge in [0.2, 0.25) is 10.0 Å². The summed E-state index contributed by atoms with van der Waals surface area (Å²) in [5.41, 5.74) is 0.372. The van der Waals surface area contributed by atoms with E-state index in [0.717, 1.165) is 4.88 Å². The van der Waals surface area contributed by atoms with Crippen molar-refractivity contribution in [2.75, 3.05) is 11.9 Å². The number of esters is 1. The molecule has 0 bridgehead atoms. The molecule has 0 unspecified atom stereocenters. The van der Waals surface area contributed by atoms with E-state index >= 15 is 0 Å². The lowest BCUT2D eigenvalue weighted by atomic mass is 10.3. The minimum Gasteiger partial charge on any atom is -0.455 e. The van der Waals surface area contributed by atoms with Crippen LogP contribution in [0.2, 0.25) is 0 Å². The lowest BCUT2D eigenvalue weighted by Crippen LogP contribution is -2.21. The van der Waals surface area contributed by atoms with E-state index in [0.29, 0.717) is 5.69 Å². The third-order valence-corrected chi connectivity index (χ3v) is 4.54. The van der Waals surface area contributed by atoms with Crippen LogP contribution in [0.3, 0.4) is 0 Å². The van der Waals surface area contributed by atoms with Crippen molar-refractivity contribution in [3.63, 3.8) is 0 Å². The summed E-state index contributed by atoms with van der Waals surface area (Å²) in [6, 6.07) is 8.96. The molecule has 1 aromatic heterocycles. The fourth-order valence-electron chi connectivity index (χ4n) is 1.68. The number of nitrogens with two attached hydrogens (primary N) is 1. The molecule has 7 nitrogen and oxygen atoms in total. The molecule has 0 saturated heterocycles. The molecule has 9 heteroatoms. The van der Waals surface area contributed by atoms with E-state index in [9.17, 15) is 18.0 Å². The second-order valence-corrected chi connectivity index (χ2v) is 7.13. The zero-order valence-electron chi connectivity index (χ0n) is 11.9. The summed E-state index contributed by atoms with van der Waals surface area (Å²) in [4.78, 5) is 24.0. The molecule has 0 aliphatic carbocycles. The minimum absolute atomic E-state index is 0.0575.